The standard InChI is InChI=1S/C8H16N2O/c1-6(2)9-7(11)10-8(3,4)5/h1H2,2-5H3,(H2,9,10,11). The van der Waals surface area contributed by atoms with E-state index in [2.05, 4.69) is 17.2 Å². The first-order valence-electron chi connectivity index (χ1n) is 3.56. The quantitative estimate of drug-likeness (QED) is 0.595. The van der Waals surface area contributed by atoms with Crippen LogP contribution in [0.1, 0.15) is 27.7 Å². The summed E-state index contributed by atoms with van der Waals surface area (Å²) in [6, 6.07) is -0.204. The molecular weight excluding hydrogens is 140 g/mol. The number of amides is 2. The Hall–Kier alpha value is -0.990. The molecule has 64 valence electrons. The number of carbonyl (C=O) groups is 1. The van der Waals surface area contributed by atoms with Gasteiger partial charge in [0.15, 0.2) is 0 Å². The Morgan fingerprint density at radius 1 is 1.36 bits per heavy atom. The number of urea groups is 1. The molecule has 3 nitrogen and oxygen atoms in total. The summed E-state index contributed by atoms with van der Waals surface area (Å²) in [7, 11) is 0. The van der Waals surface area contributed by atoms with E-state index in [0.29, 0.717) is 5.70 Å². The van der Waals surface area contributed by atoms with Crippen molar-refractivity contribution in [2.75, 3.05) is 0 Å². The lowest BCUT2D eigenvalue weighted by Crippen LogP contribution is -2.45. The molecule has 0 radical (unpaired) electrons. The molecule has 0 aromatic carbocycles. The Morgan fingerprint density at radius 3 is 2.09 bits per heavy atom. The number of hydrogen-bond donors (Lipinski definition) is 2. The minimum absolute atomic E-state index is 0.195. The molecule has 0 unspecified atom stereocenters. The number of carbonyl (C=O) groups excluding carboxylic acids is 1. The van der Waals surface area contributed by atoms with Crippen LogP contribution in [0.3, 0.4) is 0 Å². The van der Waals surface area contributed by atoms with Crippen molar-refractivity contribution >= 4 is 6.03 Å². The molecule has 0 saturated heterocycles. The lowest BCUT2D eigenvalue weighted by atomic mass is 10.1. The van der Waals surface area contributed by atoms with E-state index in [4.69, 9.17) is 0 Å². The van der Waals surface area contributed by atoms with Gasteiger partial charge in [-0.3, -0.25) is 0 Å². The van der Waals surface area contributed by atoms with Crippen LogP contribution in [-0.2, 0) is 0 Å². The fraction of sp³-hybridized carbons (Fsp3) is 0.625. The third-order valence-electron chi connectivity index (χ3n) is 0.815. The van der Waals surface area contributed by atoms with Gasteiger partial charge < -0.3 is 10.6 Å². The van der Waals surface area contributed by atoms with Crippen molar-refractivity contribution in [2.45, 2.75) is 33.2 Å². The summed E-state index contributed by atoms with van der Waals surface area (Å²) in [6.07, 6.45) is 0. The zero-order chi connectivity index (χ0) is 9.07. The van der Waals surface area contributed by atoms with Crippen LogP contribution < -0.4 is 10.6 Å². The SMILES string of the molecule is C=C(C)NC(=O)NC(C)(C)C. The lowest BCUT2D eigenvalue weighted by molar-refractivity contribution is 0.234. The Labute approximate surface area is 67.9 Å². The van der Waals surface area contributed by atoms with Gasteiger partial charge in [-0.25, -0.2) is 4.79 Å². The molecule has 0 aliphatic rings. The predicted molar refractivity (Wildman–Crippen MR) is 46.2 cm³/mol. The smallest absolute Gasteiger partial charge is 0.319 e. The Bertz CT molecular complexity index is 167. The van der Waals surface area contributed by atoms with Gasteiger partial charge in [0.1, 0.15) is 0 Å². The molecule has 11 heavy (non-hydrogen) atoms. The maximum Gasteiger partial charge on any atom is 0.319 e. The zero-order valence-electron chi connectivity index (χ0n) is 7.62. The highest BCUT2D eigenvalue weighted by Crippen LogP contribution is 1.97. The van der Waals surface area contributed by atoms with Crippen LogP contribution in [0.5, 0.6) is 0 Å². The first-order chi connectivity index (χ1) is 4.81. The molecule has 0 spiro atoms. The van der Waals surface area contributed by atoms with Crippen molar-refractivity contribution in [1.29, 1.82) is 0 Å². The van der Waals surface area contributed by atoms with Gasteiger partial charge in [0.2, 0.25) is 0 Å². The Balaban J connectivity index is 3.80. The molecule has 0 fully saturated rings. The van der Waals surface area contributed by atoms with Crippen LogP contribution in [0.4, 0.5) is 4.79 Å². The summed E-state index contributed by atoms with van der Waals surface area (Å²) >= 11 is 0. The zero-order valence-corrected chi connectivity index (χ0v) is 7.62. The van der Waals surface area contributed by atoms with E-state index in [1.54, 1.807) is 6.92 Å². The second-order valence-electron chi connectivity index (χ2n) is 3.61. The summed E-state index contributed by atoms with van der Waals surface area (Å²) in [5.41, 5.74) is 0.450. The summed E-state index contributed by atoms with van der Waals surface area (Å²) < 4.78 is 0. The van der Waals surface area contributed by atoms with Crippen molar-refractivity contribution in [3.8, 4) is 0 Å². The molecular formula is C8H16N2O. The molecule has 0 aromatic heterocycles. The van der Waals surface area contributed by atoms with Gasteiger partial charge in [0.05, 0.1) is 0 Å². The first-order valence-corrected chi connectivity index (χ1v) is 3.56. The number of rotatable bonds is 1. The van der Waals surface area contributed by atoms with E-state index < -0.39 is 0 Å². The average Bonchev–Trinajstić information content (AvgIpc) is 1.53. The highest BCUT2D eigenvalue weighted by Gasteiger charge is 2.12. The largest absolute Gasteiger partial charge is 0.333 e. The number of nitrogens with one attached hydrogen (secondary N) is 2. The van der Waals surface area contributed by atoms with Crippen LogP contribution in [0.25, 0.3) is 0 Å². The number of allylic oxidation sites excluding steroid dienone is 1. The van der Waals surface area contributed by atoms with Crippen molar-refractivity contribution < 1.29 is 4.79 Å². The van der Waals surface area contributed by atoms with Crippen LogP contribution in [0, 0.1) is 0 Å². The van der Waals surface area contributed by atoms with Crippen LogP contribution >= 0.6 is 0 Å². The molecule has 0 aromatic rings. The van der Waals surface area contributed by atoms with Gasteiger partial charge in [-0.2, -0.15) is 0 Å². The van der Waals surface area contributed by atoms with Crippen molar-refractivity contribution in [3.05, 3.63) is 12.3 Å². The van der Waals surface area contributed by atoms with Crippen molar-refractivity contribution in [1.82, 2.24) is 10.6 Å². The van der Waals surface area contributed by atoms with E-state index in [9.17, 15) is 4.79 Å². The van der Waals surface area contributed by atoms with Gasteiger partial charge >= 0.3 is 6.03 Å². The molecule has 0 bridgehead atoms. The Morgan fingerprint density at radius 2 is 1.82 bits per heavy atom. The molecule has 0 saturated carbocycles. The van der Waals surface area contributed by atoms with E-state index in [-0.39, 0.29) is 11.6 Å². The fourth-order valence-electron chi connectivity index (χ4n) is 0.566. The van der Waals surface area contributed by atoms with Crippen molar-refractivity contribution in [3.63, 3.8) is 0 Å². The average molecular weight is 156 g/mol. The second kappa shape index (κ2) is 3.42. The molecule has 2 amide bonds. The highest BCUT2D eigenvalue weighted by atomic mass is 16.2. The van der Waals surface area contributed by atoms with Gasteiger partial charge in [0, 0.05) is 11.2 Å². The highest BCUT2D eigenvalue weighted by molar-refractivity contribution is 5.76. The minimum atomic E-state index is -0.204. The number of hydrogen-bond acceptors (Lipinski definition) is 1. The molecule has 2 N–H and O–H groups in total. The van der Waals surface area contributed by atoms with Gasteiger partial charge in [-0.15, -0.1) is 0 Å². The first kappa shape index (κ1) is 10.0. The summed E-state index contributed by atoms with van der Waals surface area (Å²) in [5, 5.41) is 5.29. The second-order valence-corrected chi connectivity index (χ2v) is 3.61. The molecule has 3 heteroatoms. The third-order valence-corrected chi connectivity index (χ3v) is 0.815. The molecule has 0 atom stereocenters. The minimum Gasteiger partial charge on any atom is -0.333 e. The molecule has 0 aliphatic carbocycles. The van der Waals surface area contributed by atoms with Crippen molar-refractivity contribution in [2.24, 2.45) is 0 Å². The van der Waals surface area contributed by atoms with E-state index >= 15 is 0 Å². The fourth-order valence-corrected chi connectivity index (χ4v) is 0.566. The molecule has 0 aliphatic heterocycles. The lowest BCUT2D eigenvalue weighted by Gasteiger charge is -2.20. The van der Waals surface area contributed by atoms with Crippen LogP contribution in [-0.4, -0.2) is 11.6 Å². The van der Waals surface area contributed by atoms with E-state index in [0.717, 1.165) is 0 Å². The summed E-state index contributed by atoms with van der Waals surface area (Å²) in [4.78, 5) is 11.0. The van der Waals surface area contributed by atoms with Crippen LogP contribution in [0.15, 0.2) is 12.3 Å². The van der Waals surface area contributed by atoms with Gasteiger partial charge in [-0.05, 0) is 27.7 Å². The third kappa shape index (κ3) is 6.90. The monoisotopic (exact) mass is 156 g/mol. The maximum absolute atomic E-state index is 11.0. The summed E-state index contributed by atoms with van der Waals surface area (Å²) in [6.45, 7) is 11.1. The maximum atomic E-state index is 11.0. The molecule has 0 heterocycles. The topological polar surface area (TPSA) is 41.1 Å². The molecule has 0 rings (SSSR count). The van der Waals surface area contributed by atoms with Gasteiger partial charge in [-0.1, -0.05) is 6.58 Å². The van der Waals surface area contributed by atoms with E-state index in [1.165, 1.54) is 0 Å². The summed E-state index contributed by atoms with van der Waals surface area (Å²) in [5.74, 6) is 0. The van der Waals surface area contributed by atoms with Crippen LogP contribution in [0.2, 0.25) is 0 Å². The predicted octanol–water partition coefficient (Wildman–Crippen LogP) is 1.62. The Kier molecular flexibility index (Phi) is 3.11. The van der Waals surface area contributed by atoms with E-state index in [1.807, 2.05) is 20.8 Å². The van der Waals surface area contributed by atoms with Gasteiger partial charge in [0.25, 0.3) is 0 Å². The normalized spacial score (nSPS) is 10.5.